The van der Waals surface area contributed by atoms with Crippen LogP contribution in [0.4, 0.5) is 4.39 Å². The van der Waals surface area contributed by atoms with Crippen molar-refractivity contribution in [1.82, 2.24) is 0 Å². The zero-order valence-corrected chi connectivity index (χ0v) is 6.51. The molecule has 0 bridgehead atoms. The number of hydrogen-bond acceptors (Lipinski definition) is 2. The van der Waals surface area contributed by atoms with E-state index in [-0.39, 0.29) is 29.6 Å². The summed E-state index contributed by atoms with van der Waals surface area (Å²) in [6, 6.07) is 7.51. The van der Waals surface area contributed by atoms with Crippen LogP contribution in [0.3, 0.4) is 0 Å². The molecule has 0 aliphatic carbocycles. The average molecular weight is 198 g/mol. The van der Waals surface area contributed by atoms with Gasteiger partial charge in [-0.05, 0) is 12.1 Å². The van der Waals surface area contributed by atoms with Crippen molar-refractivity contribution in [2.75, 3.05) is 6.01 Å². The second-order valence-electron chi connectivity index (χ2n) is 1.81. The van der Waals surface area contributed by atoms with Crippen LogP contribution >= 0.6 is 0 Å². The van der Waals surface area contributed by atoms with E-state index in [1.54, 1.807) is 30.3 Å². The predicted molar refractivity (Wildman–Crippen MR) is 48.3 cm³/mol. The van der Waals surface area contributed by atoms with Crippen molar-refractivity contribution in [3.8, 4) is 5.75 Å². The van der Waals surface area contributed by atoms with Gasteiger partial charge in [-0.1, -0.05) is 18.2 Å². The van der Waals surface area contributed by atoms with Gasteiger partial charge in [-0.15, -0.1) is 0 Å². The molecule has 0 saturated carbocycles. The molecule has 1 aromatic rings. The van der Waals surface area contributed by atoms with Gasteiger partial charge >= 0.3 is 29.6 Å². The molecule has 0 spiro atoms. The summed E-state index contributed by atoms with van der Waals surface area (Å²) in [6.07, 6.45) is 0. The molecule has 0 saturated heterocycles. The Morgan fingerprint density at radius 2 is 1.92 bits per heavy atom. The van der Waals surface area contributed by atoms with Crippen molar-refractivity contribution in [2.24, 2.45) is 0 Å². The first-order chi connectivity index (χ1) is 5.33. The van der Waals surface area contributed by atoms with E-state index < -0.39 is 17.1 Å². The number of hydrogen-bond donors (Lipinski definition) is 0. The second kappa shape index (κ2) is 6.60. The van der Waals surface area contributed by atoms with Crippen molar-refractivity contribution >= 4 is 40.6 Å². The molecular weight excluding hydrogens is 190 g/mol. The summed E-state index contributed by atoms with van der Waals surface area (Å²) in [6.45, 7) is 0. The van der Waals surface area contributed by atoms with Crippen molar-refractivity contribution < 1.29 is 12.8 Å². The molecule has 1 unspecified atom stereocenters. The van der Waals surface area contributed by atoms with Crippen LogP contribution in [0.2, 0.25) is 0 Å². The number of halogens is 1. The Hall–Kier alpha value is 0.100. The molecule has 0 heterocycles. The maximum atomic E-state index is 11.6. The number of benzene rings is 1. The van der Waals surface area contributed by atoms with Gasteiger partial charge in [0.05, 0.1) is 0 Å². The van der Waals surface area contributed by atoms with Crippen molar-refractivity contribution in [3.05, 3.63) is 30.3 Å². The minimum absolute atomic E-state index is 0. The van der Waals surface area contributed by atoms with E-state index in [9.17, 15) is 8.60 Å². The van der Waals surface area contributed by atoms with E-state index >= 15 is 0 Å². The van der Waals surface area contributed by atoms with Gasteiger partial charge in [0.2, 0.25) is 17.1 Å². The Morgan fingerprint density at radius 3 is 2.42 bits per heavy atom. The van der Waals surface area contributed by atoms with Gasteiger partial charge in [-0.25, -0.2) is 8.60 Å². The zero-order chi connectivity index (χ0) is 8.10. The monoisotopic (exact) mass is 198 g/mol. The summed E-state index contributed by atoms with van der Waals surface area (Å²) in [5.41, 5.74) is 0. The van der Waals surface area contributed by atoms with E-state index in [2.05, 4.69) is 4.18 Å². The SMILES string of the molecule is O=S(CF)Oc1ccccc1.[NaH]. The van der Waals surface area contributed by atoms with Crippen LogP contribution in [0, 0.1) is 0 Å². The Labute approximate surface area is 95.1 Å². The van der Waals surface area contributed by atoms with E-state index in [0.717, 1.165) is 0 Å². The molecule has 0 fully saturated rings. The van der Waals surface area contributed by atoms with Crippen molar-refractivity contribution in [3.63, 3.8) is 0 Å². The molecule has 1 atom stereocenters. The molecule has 1 rings (SSSR count). The van der Waals surface area contributed by atoms with Gasteiger partial charge in [0.25, 0.3) is 0 Å². The van der Waals surface area contributed by atoms with Gasteiger partial charge in [0, 0.05) is 0 Å². The normalized spacial score (nSPS) is 11.4. The summed E-state index contributed by atoms with van der Waals surface area (Å²) in [5.74, 6) is 0.420. The van der Waals surface area contributed by atoms with Crippen LogP contribution in [0.15, 0.2) is 30.3 Å². The number of para-hydroxylation sites is 1. The first-order valence-electron chi connectivity index (χ1n) is 3.00. The molecule has 12 heavy (non-hydrogen) atoms. The molecule has 62 valence electrons. The van der Waals surface area contributed by atoms with Gasteiger partial charge in [-0.2, -0.15) is 0 Å². The van der Waals surface area contributed by atoms with E-state index in [4.69, 9.17) is 0 Å². The fraction of sp³-hybridized carbons (Fsp3) is 0.143. The predicted octanol–water partition coefficient (Wildman–Crippen LogP) is 1.01. The standard InChI is InChI=1S/C7H7FO2S.Na.H/c8-6-11(9)10-7-4-2-1-3-5-7;;/h1-5H,6H2;;. The summed E-state index contributed by atoms with van der Waals surface area (Å²) >= 11 is -1.84. The molecule has 1 aromatic carbocycles. The summed E-state index contributed by atoms with van der Waals surface area (Å²) in [4.78, 5) is 0. The number of rotatable bonds is 3. The molecule has 0 amide bonds. The zero-order valence-electron chi connectivity index (χ0n) is 5.70. The molecule has 0 aliphatic heterocycles. The van der Waals surface area contributed by atoms with Gasteiger partial charge in [0.1, 0.15) is 5.75 Å². The van der Waals surface area contributed by atoms with E-state index in [1.807, 2.05) is 0 Å². The fourth-order valence-corrected chi connectivity index (χ4v) is 0.976. The molecular formula is C7H8FNaO2S. The maximum absolute atomic E-state index is 11.6. The first-order valence-corrected chi connectivity index (χ1v) is 4.25. The van der Waals surface area contributed by atoms with Crippen LogP contribution in [0.5, 0.6) is 5.75 Å². The topological polar surface area (TPSA) is 26.3 Å². The third-order valence-electron chi connectivity index (χ3n) is 1.02. The Kier molecular flexibility index (Phi) is 6.65. The van der Waals surface area contributed by atoms with Crippen LogP contribution in [-0.2, 0) is 11.1 Å². The Bertz CT molecular complexity index is 242. The Morgan fingerprint density at radius 1 is 1.33 bits per heavy atom. The third-order valence-corrected chi connectivity index (χ3v) is 1.58. The molecule has 0 aromatic heterocycles. The summed E-state index contributed by atoms with van der Waals surface area (Å²) in [5, 5.41) is 0. The third kappa shape index (κ3) is 4.21. The Balaban J connectivity index is 0.00000121. The first kappa shape index (κ1) is 12.1. The molecule has 0 N–H and O–H groups in total. The van der Waals surface area contributed by atoms with Crippen LogP contribution in [-0.4, -0.2) is 39.8 Å². The van der Waals surface area contributed by atoms with Crippen molar-refractivity contribution in [1.29, 1.82) is 0 Å². The van der Waals surface area contributed by atoms with Crippen LogP contribution in [0.1, 0.15) is 0 Å². The molecule has 5 heteroatoms. The molecule has 0 aliphatic rings. The second-order valence-corrected chi connectivity index (χ2v) is 2.80. The van der Waals surface area contributed by atoms with Gasteiger partial charge < -0.3 is 4.18 Å². The van der Waals surface area contributed by atoms with Crippen molar-refractivity contribution in [2.45, 2.75) is 0 Å². The number of alkyl halides is 1. The van der Waals surface area contributed by atoms with Gasteiger partial charge in [0.15, 0.2) is 0 Å². The summed E-state index contributed by atoms with van der Waals surface area (Å²) < 4.78 is 26.8. The fourth-order valence-electron chi connectivity index (χ4n) is 0.606. The summed E-state index contributed by atoms with van der Waals surface area (Å²) in [7, 11) is 0. The molecule has 2 nitrogen and oxygen atoms in total. The molecule has 0 radical (unpaired) electrons. The minimum atomic E-state index is -1.84. The van der Waals surface area contributed by atoms with Crippen LogP contribution < -0.4 is 4.18 Å². The quantitative estimate of drug-likeness (QED) is 0.677. The van der Waals surface area contributed by atoms with Crippen LogP contribution in [0.25, 0.3) is 0 Å². The average Bonchev–Trinajstić information content (AvgIpc) is 2.06. The van der Waals surface area contributed by atoms with Gasteiger partial charge in [-0.3, -0.25) is 0 Å². The van der Waals surface area contributed by atoms with E-state index in [0.29, 0.717) is 5.75 Å². The van der Waals surface area contributed by atoms with E-state index in [1.165, 1.54) is 0 Å².